The van der Waals surface area contributed by atoms with Crippen molar-refractivity contribution < 1.29 is 62.4 Å². The highest BCUT2D eigenvalue weighted by atomic mass is 16.8. The van der Waals surface area contributed by atoms with Crippen LogP contribution in [0.2, 0.25) is 0 Å². The van der Waals surface area contributed by atoms with E-state index in [0.717, 1.165) is 16.7 Å². The van der Waals surface area contributed by atoms with Crippen LogP contribution in [0.5, 0.6) is 0 Å². The maximum atomic E-state index is 13.8. The summed E-state index contributed by atoms with van der Waals surface area (Å²) in [7, 11) is 1.33. The number of methoxy groups -OCH3 is 1. The third-order valence-corrected chi connectivity index (χ3v) is 10.4. The van der Waals surface area contributed by atoms with Crippen molar-refractivity contribution in [3.8, 4) is 0 Å². The fraction of sp³-hybridized carbons (Fsp3) is 0.333. The van der Waals surface area contributed by atoms with Gasteiger partial charge in [0.1, 0.15) is 36.6 Å². The Bertz CT molecular complexity index is 2060. The van der Waals surface area contributed by atoms with E-state index in [1.165, 1.54) is 7.11 Å². The zero-order chi connectivity index (χ0) is 42.4. The van der Waals surface area contributed by atoms with Crippen molar-refractivity contribution in [2.24, 2.45) is 0 Å². The highest BCUT2D eigenvalue weighted by Gasteiger charge is 2.55. The van der Waals surface area contributed by atoms with Gasteiger partial charge in [0.15, 0.2) is 24.8 Å². The van der Waals surface area contributed by atoms with Gasteiger partial charge >= 0.3 is 11.9 Å². The lowest BCUT2D eigenvalue weighted by Gasteiger charge is -2.48. The third-order valence-electron chi connectivity index (χ3n) is 10.4. The minimum Gasteiger partial charge on any atom is -0.452 e. The molecule has 13 heteroatoms. The Labute approximate surface area is 354 Å². The Morgan fingerprint density at radius 1 is 0.525 bits per heavy atom. The Morgan fingerprint density at radius 3 is 1.46 bits per heavy atom. The van der Waals surface area contributed by atoms with Gasteiger partial charge in [-0.05, 0) is 41.0 Å². The van der Waals surface area contributed by atoms with E-state index >= 15 is 0 Å². The standard InChI is InChI=1S/C48H50O13/c1-53-48-44(60-46(52)36-25-15-6-16-26-36)43(59-45(51)35-23-13-5-14-24-35)41(37(27-49)57-48)61-47-39(50)42(56-30-34-21-11-4-12-22-34)40(55-29-33-19-9-3-10-20-33)38(58-47)31-54-28-32-17-7-2-8-18-32/h2-26,37-44,47-50H,27-31H2,1H3/t37-,38-,39-,40-,41-,42-,43+,44-,47-,48+/m1/s1. The van der Waals surface area contributed by atoms with Gasteiger partial charge in [0.05, 0.1) is 44.2 Å². The van der Waals surface area contributed by atoms with E-state index in [0.29, 0.717) is 0 Å². The van der Waals surface area contributed by atoms with E-state index in [-0.39, 0.29) is 37.6 Å². The molecule has 320 valence electrons. The number of aliphatic hydroxyl groups is 2. The molecular weight excluding hydrogens is 785 g/mol. The Hall–Kier alpha value is -5.32. The second-order valence-corrected chi connectivity index (χ2v) is 14.6. The lowest BCUT2D eigenvalue weighted by molar-refractivity contribution is -0.362. The summed E-state index contributed by atoms with van der Waals surface area (Å²) in [6.45, 7) is -0.128. The Morgan fingerprint density at radius 2 is 0.967 bits per heavy atom. The smallest absolute Gasteiger partial charge is 0.338 e. The molecule has 13 nitrogen and oxygen atoms in total. The van der Waals surface area contributed by atoms with Crippen LogP contribution in [-0.4, -0.2) is 104 Å². The first kappa shape index (κ1) is 43.8. The molecule has 5 aromatic carbocycles. The molecule has 10 atom stereocenters. The number of esters is 2. The molecule has 2 aliphatic rings. The van der Waals surface area contributed by atoms with E-state index in [1.54, 1.807) is 60.7 Å². The topological polar surface area (TPSA) is 158 Å². The van der Waals surface area contributed by atoms with Gasteiger partial charge in [0.2, 0.25) is 0 Å². The summed E-state index contributed by atoms with van der Waals surface area (Å²) in [5.41, 5.74) is 3.09. The SMILES string of the molecule is CO[C@H]1O[C@H](CO)[C@@H](O[C@H]2O[C@H](COCc3ccccc3)[C@@H](OCc3ccccc3)[C@H](OCc3ccccc3)[C@H]2O)[C@H](OC(=O)c2ccccc2)[C@H]1OC(=O)c1ccccc1. The van der Waals surface area contributed by atoms with Crippen molar-refractivity contribution in [2.75, 3.05) is 20.3 Å². The molecule has 2 fully saturated rings. The molecule has 2 N–H and O–H groups in total. The van der Waals surface area contributed by atoms with Crippen molar-refractivity contribution >= 4 is 11.9 Å². The molecular formula is C48H50O13. The second-order valence-electron chi connectivity index (χ2n) is 14.6. The number of benzene rings is 5. The van der Waals surface area contributed by atoms with Crippen LogP contribution in [0.25, 0.3) is 0 Å². The largest absolute Gasteiger partial charge is 0.452 e. The minimum atomic E-state index is -1.52. The lowest BCUT2D eigenvalue weighted by Crippen LogP contribution is -2.66. The molecule has 2 heterocycles. The molecule has 0 aromatic heterocycles. The monoisotopic (exact) mass is 834 g/mol. The van der Waals surface area contributed by atoms with Gasteiger partial charge in [-0.25, -0.2) is 9.59 Å². The summed E-state index contributed by atoms with van der Waals surface area (Å²) in [6.07, 6.45) is -12.7. The summed E-state index contributed by atoms with van der Waals surface area (Å²) < 4.78 is 56.3. The fourth-order valence-corrected chi connectivity index (χ4v) is 7.26. The molecule has 0 bridgehead atoms. The maximum Gasteiger partial charge on any atom is 0.338 e. The van der Waals surface area contributed by atoms with E-state index in [9.17, 15) is 19.8 Å². The van der Waals surface area contributed by atoms with Crippen molar-refractivity contribution in [2.45, 2.75) is 81.2 Å². The van der Waals surface area contributed by atoms with Gasteiger partial charge < -0.3 is 52.8 Å². The van der Waals surface area contributed by atoms with E-state index in [4.69, 9.17) is 42.6 Å². The van der Waals surface area contributed by atoms with Crippen LogP contribution in [0, 0.1) is 0 Å². The zero-order valence-electron chi connectivity index (χ0n) is 33.6. The fourth-order valence-electron chi connectivity index (χ4n) is 7.26. The van der Waals surface area contributed by atoms with Crippen LogP contribution in [-0.2, 0) is 62.5 Å². The van der Waals surface area contributed by atoms with Crippen molar-refractivity contribution in [1.29, 1.82) is 0 Å². The van der Waals surface area contributed by atoms with Gasteiger partial charge in [0.25, 0.3) is 0 Å². The number of carbonyl (C=O) groups is 2. The number of aliphatic hydroxyl groups excluding tert-OH is 2. The Kier molecular flexibility index (Phi) is 15.8. The highest BCUT2D eigenvalue weighted by Crippen LogP contribution is 2.35. The molecule has 0 unspecified atom stereocenters. The van der Waals surface area contributed by atoms with Gasteiger partial charge in [0, 0.05) is 7.11 Å². The molecule has 0 spiro atoms. The summed E-state index contributed by atoms with van der Waals surface area (Å²) >= 11 is 0. The van der Waals surface area contributed by atoms with Crippen LogP contribution in [0.15, 0.2) is 152 Å². The van der Waals surface area contributed by atoms with E-state index < -0.39 is 80.0 Å². The summed E-state index contributed by atoms with van der Waals surface area (Å²) in [5.74, 6) is -1.53. The predicted octanol–water partition coefficient (Wildman–Crippen LogP) is 5.66. The highest BCUT2D eigenvalue weighted by molar-refractivity contribution is 5.90. The van der Waals surface area contributed by atoms with Crippen molar-refractivity contribution in [1.82, 2.24) is 0 Å². The minimum absolute atomic E-state index is 0.00773. The summed E-state index contributed by atoms with van der Waals surface area (Å²) in [5, 5.41) is 23.0. The number of rotatable bonds is 18. The normalized spacial score (nSPS) is 26.3. The number of hydrogen-bond donors (Lipinski definition) is 2. The molecule has 61 heavy (non-hydrogen) atoms. The molecule has 0 amide bonds. The van der Waals surface area contributed by atoms with Crippen LogP contribution in [0.1, 0.15) is 37.4 Å². The van der Waals surface area contributed by atoms with Crippen LogP contribution >= 0.6 is 0 Å². The zero-order valence-corrected chi connectivity index (χ0v) is 33.6. The molecule has 2 saturated heterocycles. The van der Waals surface area contributed by atoms with Gasteiger partial charge in [-0.1, -0.05) is 127 Å². The summed E-state index contributed by atoms with van der Waals surface area (Å²) in [4.78, 5) is 27.4. The van der Waals surface area contributed by atoms with Crippen molar-refractivity contribution in [3.63, 3.8) is 0 Å². The molecule has 5 aromatic rings. The number of ether oxygens (including phenoxy) is 9. The molecule has 2 aliphatic heterocycles. The van der Waals surface area contributed by atoms with Crippen molar-refractivity contribution in [3.05, 3.63) is 179 Å². The van der Waals surface area contributed by atoms with Gasteiger partial charge in [-0.15, -0.1) is 0 Å². The quantitative estimate of drug-likeness (QED) is 0.104. The van der Waals surface area contributed by atoms with Crippen LogP contribution in [0.4, 0.5) is 0 Å². The van der Waals surface area contributed by atoms with Gasteiger partial charge in [-0.3, -0.25) is 0 Å². The average Bonchev–Trinajstić information content (AvgIpc) is 3.31. The van der Waals surface area contributed by atoms with Crippen LogP contribution < -0.4 is 0 Å². The first-order valence-electron chi connectivity index (χ1n) is 20.1. The third kappa shape index (κ3) is 11.5. The maximum absolute atomic E-state index is 13.8. The number of carbonyl (C=O) groups excluding carboxylic acids is 2. The summed E-state index contributed by atoms with van der Waals surface area (Å²) in [6, 6.07) is 45.2. The molecule has 0 radical (unpaired) electrons. The first-order chi connectivity index (χ1) is 29.9. The van der Waals surface area contributed by atoms with E-state index in [1.807, 2.05) is 91.0 Å². The van der Waals surface area contributed by atoms with E-state index in [2.05, 4.69) is 0 Å². The number of hydrogen-bond acceptors (Lipinski definition) is 13. The van der Waals surface area contributed by atoms with Gasteiger partial charge in [-0.2, -0.15) is 0 Å². The molecule has 0 aliphatic carbocycles. The average molecular weight is 835 g/mol. The molecule has 7 rings (SSSR count). The molecule has 0 saturated carbocycles. The second kappa shape index (κ2) is 22.0. The Balaban J connectivity index is 1.22. The first-order valence-corrected chi connectivity index (χ1v) is 20.1. The predicted molar refractivity (Wildman–Crippen MR) is 220 cm³/mol. The lowest BCUT2D eigenvalue weighted by atomic mass is 9.96. The van der Waals surface area contributed by atoms with Crippen LogP contribution in [0.3, 0.4) is 0 Å².